The third kappa shape index (κ3) is 4.26. The zero-order valence-electron chi connectivity index (χ0n) is 16.1. The van der Waals surface area contributed by atoms with Crippen molar-refractivity contribution in [3.63, 3.8) is 0 Å². The number of anilines is 1. The maximum atomic E-state index is 12.4. The van der Waals surface area contributed by atoms with Crippen LogP contribution in [0.3, 0.4) is 0 Å². The first kappa shape index (κ1) is 19.6. The molecule has 0 aliphatic heterocycles. The van der Waals surface area contributed by atoms with Crippen LogP contribution >= 0.6 is 0 Å². The van der Waals surface area contributed by atoms with Gasteiger partial charge < -0.3 is 15.2 Å². The zero-order valence-corrected chi connectivity index (χ0v) is 16.1. The van der Waals surface area contributed by atoms with Crippen molar-refractivity contribution < 1.29 is 14.6 Å². The Bertz CT molecular complexity index is 805. The van der Waals surface area contributed by atoms with Gasteiger partial charge in [0, 0.05) is 35.5 Å². The standard InChI is InChI=1S/C22H27NO3/c1-6-22(2,3)18-13-16(21(26-5)14-20(18)25)9-12-19(24)15-7-10-17(23-4)11-8-15/h7-14,23,25H,6H2,1-5H3. The Morgan fingerprint density at radius 1 is 1.23 bits per heavy atom. The second kappa shape index (κ2) is 8.09. The monoisotopic (exact) mass is 353 g/mol. The molecule has 0 fully saturated rings. The van der Waals surface area contributed by atoms with Crippen LogP contribution in [-0.4, -0.2) is 25.0 Å². The highest BCUT2D eigenvalue weighted by molar-refractivity contribution is 6.07. The van der Waals surface area contributed by atoms with Gasteiger partial charge in [-0.2, -0.15) is 0 Å². The Labute approximate surface area is 155 Å². The number of carbonyl (C=O) groups is 1. The molecule has 0 amide bonds. The Morgan fingerprint density at radius 2 is 1.88 bits per heavy atom. The van der Waals surface area contributed by atoms with Gasteiger partial charge in [-0.3, -0.25) is 4.79 Å². The van der Waals surface area contributed by atoms with Gasteiger partial charge in [0.2, 0.25) is 0 Å². The first-order valence-electron chi connectivity index (χ1n) is 8.74. The Hall–Kier alpha value is -2.75. The number of ketones is 1. The topological polar surface area (TPSA) is 58.6 Å². The van der Waals surface area contributed by atoms with Crippen molar-refractivity contribution in [3.8, 4) is 11.5 Å². The third-order valence-electron chi connectivity index (χ3n) is 4.83. The summed E-state index contributed by atoms with van der Waals surface area (Å²) in [4.78, 5) is 12.4. The molecule has 26 heavy (non-hydrogen) atoms. The molecule has 138 valence electrons. The summed E-state index contributed by atoms with van der Waals surface area (Å²) in [7, 11) is 3.39. The van der Waals surface area contributed by atoms with Crippen LogP contribution in [0.25, 0.3) is 6.08 Å². The van der Waals surface area contributed by atoms with Crippen molar-refractivity contribution >= 4 is 17.5 Å². The van der Waals surface area contributed by atoms with Gasteiger partial charge in [-0.05, 0) is 54.3 Å². The highest BCUT2D eigenvalue weighted by atomic mass is 16.5. The Balaban J connectivity index is 2.35. The van der Waals surface area contributed by atoms with Gasteiger partial charge in [-0.1, -0.05) is 20.8 Å². The lowest BCUT2D eigenvalue weighted by Gasteiger charge is -2.25. The van der Waals surface area contributed by atoms with Gasteiger partial charge in [0.15, 0.2) is 5.78 Å². The van der Waals surface area contributed by atoms with Crippen molar-refractivity contribution in [1.29, 1.82) is 0 Å². The summed E-state index contributed by atoms with van der Waals surface area (Å²) in [6, 6.07) is 10.8. The maximum Gasteiger partial charge on any atom is 0.185 e. The summed E-state index contributed by atoms with van der Waals surface area (Å²) >= 11 is 0. The number of hydrogen-bond acceptors (Lipinski definition) is 4. The van der Waals surface area contributed by atoms with E-state index < -0.39 is 0 Å². The van der Waals surface area contributed by atoms with Gasteiger partial charge in [-0.25, -0.2) is 0 Å². The first-order valence-corrected chi connectivity index (χ1v) is 8.74. The second-order valence-electron chi connectivity index (χ2n) is 6.87. The summed E-state index contributed by atoms with van der Waals surface area (Å²) < 4.78 is 5.36. The van der Waals surface area contributed by atoms with Crippen LogP contribution in [0.5, 0.6) is 11.5 Å². The molecule has 4 heteroatoms. The minimum absolute atomic E-state index is 0.0842. The number of rotatable bonds is 7. The lowest BCUT2D eigenvalue weighted by atomic mass is 9.81. The smallest absolute Gasteiger partial charge is 0.185 e. The summed E-state index contributed by atoms with van der Waals surface area (Å²) in [5, 5.41) is 13.4. The van der Waals surface area contributed by atoms with Crippen molar-refractivity contribution in [2.45, 2.75) is 32.6 Å². The minimum atomic E-state index is -0.175. The molecular formula is C22H27NO3. The van der Waals surface area contributed by atoms with Crippen molar-refractivity contribution in [1.82, 2.24) is 0 Å². The normalized spacial score (nSPS) is 11.6. The lowest BCUT2D eigenvalue weighted by Crippen LogP contribution is -2.16. The molecule has 2 aromatic rings. The molecule has 0 spiro atoms. The van der Waals surface area contributed by atoms with Crippen LogP contribution in [0.1, 0.15) is 48.7 Å². The van der Waals surface area contributed by atoms with E-state index in [-0.39, 0.29) is 16.9 Å². The molecule has 2 aromatic carbocycles. The SMILES string of the molecule is CCC(C)(C)c1cc(C=CC(=O)c2ccc(NC)cc2)c(OC)cc1O. The summed E-state index contributed by atoms with van der Waals surface area (Å²) in [6.45, 7) is 6.24. The molecule has 0 bridgehead atoms. The van der Waals surface area contributed by atoms with E-state index in [1.54, 1.807) is 31.4 Å². The highest BCUT2D eigenvalue weighted by Gasteiger charge is 2.23. The Morgan fingerprint density at radius 3 is 2.42 bits per heavy atom. The van der Waals surface area contributed by atoms with E-state index >= 15 is 0 Å². The van der Waals surface area contributed by atoms with Crippen molar-refractivity contribution in [2.75, 3.05) is 19.5 Å². The number of nitrogens with one attached hydrogen (secondary N) is 1. The van der Waals surface area contributed by atoms with E-state index in [0.717, 1.165) is 23.2 Å². The lowest BCUT2D eigenvalue weighted by molar-refractivity contribution is 0.104. The molecule has 0 aliphatic rings. The molecule has 0 atom stereocenters. The molecule has 2 rings (SSSR count). The molecule has 0 aromatic heterocycles. The van der Waals surface area contributed by atoms with Crippen LogP contribution in [-0.2, 0) is 5.41 Å². The quantitative estimate of drug-likeness (QED) is 0.542. The van der Waals surface area contributed by atoms with E-state index in [1.165, 1.54) is 6.08 Å². The summed E-state index contributed by atoms with van der Waals surface area (Å²) in [5.74, 6) is 0.659. The molecule has 0 radical (unpaired) electrons. The third-order valence-corrected chi connectivity index (χ3v) is 4.83. The number of ether oxygens (including phenoxy) is 1. The summed E-state index contributed by atoms with van der Waals surface area (Å²) in [5.41, 5.74) is 3.00. The zero-order chi connectivity index (χ0) is 19.3. The van der Waals surface area contributed by atoms with Crippen molar-refractivity contribution in [3.05, 3.63) is 59.2 Å². The van der Waals surface area contributed by atoms with Crippen LogP contribution in [0.4, 0.5) is 5.69 Å². The van der Waals surface area contributed by atoms with E-state index in [4.69, 9.17) is 4.74 Å². The van der Waals surface area contributed by atoms with Crippen LogP contribution in [0.15, 0.2) is 42.5 Å². The molecule has 2 N–H and O–H groups in total. The molecular weight excluding hydrogens is 326 g/mol. The average Bonchev–Trinajstić information content (AvgIpc) is 2.66. The molecule has 0 aliphatic carbocycles. The predicted octanol–water partition coefficient (Wildman–Crippen LogP) is 5.03. The number of phenols is 1. The Kier molecular flexibility index (Phi) is 6.09. The minimum Gasteiger partial charge on any atom is -0.508 e. The molecule has 0 unspecified atom stereocenters. The van der Waals surface area contributed by atoms with E-state index in [0.29, 0.717) is 11.3 Å². The fraction of sp³-hybridized carbons (Fsp3) is 0.318. The predicted molar refractivity (Wildman–Crippen MR) is 107 cm³/mol. The number of methoxy groups -OCH3 is 1. The fourth-order valence-corrected chi connectivity index (χ4v) is 2.69. The first-order chi connectivity index (χ1) is 12.3. The number of hydrogen-bond donors (Lipinski definition) is 2. The summed E-state index contributed by atoms with van der Waals surface area (Å²) in [6.07, 6.45) is 4.15. The maximum absolute atomic E-state index is 12.4. The average molecular weight is 353 g/mol. The number of phenolic OH excluding ortho intramolecular Hbond substituents is 1. The van der Waals surface area contributed by atoms with Gasteiger partial charge in [0.1, 0.15) is 11.5 Å². The van der Waals surface area contributed by atoms with E-state index in [1.807, 2.05) is 25.2 Å². The number of aromatic hydroxyl groups is 1. The van der Waals surface area contributed by atoms with Crippen LogP contribution in [0.2, 0.25) is 0 Å². The second-order valence-corrected chi connectivity index (χ2v) is 6.87. The van der Waals surface area contributed by atoms with Crippen molar-refractivity contribution in [2.24, 2.45) is 0 Å². The van der Waals surface area contributed by atoms with Crippen LogP contribution in [0, 0.1) is 0 Å². The van der Waals surface area contributed by atoms with E-state index in [9.17, 15) is 9.90 Å². The van der Waals surface area contributed by atoms with Crippen LogP contribution < -0.4 is 10.1 Å². The van der Waals surface area contributed by atoms with Gasteiger partial charge in [0.25, 0.3) is 0 Å². The molecule has 0 saturated carbocycles. The number of carbonyl (C=O) groups excluding carboxylic acids is 1. The van der Waals surface area contributed by atoms with E-state index in [2.05, 4.69) is 26.1 Å². The van der Waals surface area contributed by atoms with Gasteiger partial charge in [-0.15, -0.1) is 0 Å². The molecule has 0 saturated heterocycles. The number of benzene rings is 2. The highest BCUT2D eigenvalue weighted by Crippen LogP contribution is 2.38. The van der Waals surface area contributed by atoms with Gasteiger partial charge >= 0.3 is 0 Å². The largest absolute Gasteiger partial charge is 0.508 e. The van der Waals surface area contributed by atoms with Gasteiger partial charge in [0.05, 0.1) is 7.11 Å². The molecule has 4 nitrogen and oxygen atoms in total. The molecule has 0 heterocycles. The number of allylic oxidation sites excluding steroid dienone is 1. The fourth-order valence-electron chi connectivity index (χ4n) is 2.69.